The van der Waals surface area contributed by atoms with Gasteiger partial charge in [0.2, 0.25) is 0 Å². The molecule has 0 unspecified atom stereocenters. The van der Waals surface area contributed by atoms with E-state index in [1.54, 1.807) is 0 Å². The number of carbonyl (C=O) groups excluding carboxylic acids is 2. The van der Waals surface area contributed by atoms with Crippen LogP contribution in [0.5, 0.6) is 0 Å². The van der Waals surface area contributed by atoms with Crippen molar-refractivity contribution in [2.24, 2.45) is 0 Å². The van der Waals surface area contributed by atoms with Crippen LogP contribution in [0.2, 0.25) is 0 Å². The number of hydrogen-bond donors (Lipinski definition) is 0. The molecule has 260 valence electrons. The van der Waals surface area contributed by atoms with E-state index >= 15 is 0 Å². The zero-order valence-electron chi connectivity index (χ0n) is 26.5. The number of allylic oxidation sites excluding steroid dienone is 2. The van der Waals surface area contributed by atoms with Crippen molar-refractivity contribution >= 4 is 59.0 Å². The molecular formula is C36H24N4O12. The molecule has 0 aliphatic rings. The fourth-order valence-electron chi connectivity index (χ4n) is 4.12. The number of hydrogen-bond acceptors (Lipinski definition) is 12. The van der Waals surface area contributed by atoms with Crippen LogP contribution >= 0.6 is 0 Å². The van der Waals surface area contributed by atoms with Crippen LogP contribution in [0.4, 0.5) is 22.7 Å². The summed E-state index contributed by atoms with van der Waals surface area (Å²) < 4.78 is 11.1. The molecule has 0 N–H and O–H groups in total. The van der Waals surface area contributed by atoms with Crippen LogP contribution in [0.3, 0.4) is 0 Å². The van der Waals surface area contributed by atoms with E-state index < -0.39 is 31.6 Å². The summed E-state index contributed by atoms with van der Waals surface area (Å²) in [5, 5.41) is 44.1. The minimum absolute atomic E-state index is 0.157. The van der Waals surface area contributed by atoms with Crippen molar-refractivity contribution in [2.75, 3.05) is 0 Å². The van der Waals surface area contributed by atoms with Gasteiger partial charge in [-0.2, -0.15) is 0 Å². The highest BCUT2D eigenvalue weighted by molar-refractivity contribution is 5.89. The molecule has 0 aromatic heterocycles. The fraction of sp³-hybridized carbons (Fsp3) is 0. The van der Waals surface area contributed by atoms with Gasteiger partial charge < -0.3 is 9.47 Å². The second-order valence-corrected chi connectivity index (χ2v) is 10.3. The number of nitro benzene ring substituents is 4. The molecule has 0 fully saturated rings. The molecular weight excluding hydrogens is 680 g/mol. The van der Waals surface area contributed by atoms with E-state index in [1.165, 1.54) is 134 Å². The molecule has 0 spiro atoms. The van der Waals surface area contributed by atoms with Crippen LogP contribution in [0.15, 0.2) is 133 Å². The summed E-state index contributed by atoms with van der Waals surface area (Å²) in [5.74, 6) is -2.54. The van der Waals surface area contributed by atoms with Crippen molar-refractivity contribution in [2.45, 2.75) is 0 Å². The first kappa shape index (κ1) is 36.9. The summed E-state index contributed by atoms with van der Waals surface area (Å²) in [6.45, 7) is 0. The Morgan fingerprint density at radius 2 is 0.596 bits per heavy atom. The minimum atomic E-state index is -0.958. The van der Waals surface area contributed by atoms with Gasteiger partial charge in [-0.15, -0.1) is 0 Å². The van der Waals surface area contributed by atoms with Gasteiger partial charge in [0.15, 0.2) is 11.5 Å². The molecule has 0 heterocycles. The molecule has 52 heavy (non-hydrogen) atoms. The van der Waals surface area contributed by atoms with E-state index in [9.17, 15) is 50.0 Å². The number of rotatable bonds is 14. The first-order chi connectivity index (χ1) is 24.9. The normalized spacial score (nSPS) is 11.8. The van der Waals surface area contributed by atoms with Crippen molar-refractivity contribution < 1.29 is 38.8 Å². The van der Waals surface area contributed by atoms with Gasteiger partial charge in [-0.25, -0.2) is 9.59 Å². The second-order valence-electron chi connectivity index (χ2n) is 10.3. The zero-order valence-corrected chi connectivity index (χ0v) is 26.5. The van der Waals surface area contributed by atoms with Gasteiger partial charge in [0.1, 0.15) is 0 Å². The Kier molecular flexibility index (Phi) is 12.4. The molecule has 4 aromatic carbocycles. The van der Waals surface area contributed by atoms with Crippen LogP contribution in [-0.4, -0.2) is 31.6 Å². The maximum atomic E-state index is 13.0. The van der Waals surface area contributed by atoms with Gasteiger partial charge in [-0.1, -0.05) is 12.2 Å². The Morgan fingerprint density at radius 3 is 0.808 bits per heavy atom. The molecule has 0 aliphatic heterocycles. The highest BCUT2D eigenvalue weighted by atomic mass is 16.6. The average molecular weight is 705 g/mol. The SMILES string of the molecule is O=C(C=Cc1ccc([N+](=O)[O-])cc1)OC(C=Cc1ccc([N+](=O)[O-])cc1)=C(C=Cc1ccc([N+](=O)[O-])cc1)OC(=O)C=Cc1ccc([N+](=O)[O-])cc1. The molecule has 0 atom stereocenters. The van der Waals surface area contributed by atoms with Crippen LogP contribution in [0.25, 0.3) is 24.3 Å². The van der Waals surface area contributed by atoms with Crippen LogP contribution in [-0.2, 0) is 19.1 Å². The maximum Gasteiger partial charge on any atom is 0.336 e. The summed E-state index contributed by atoms with van der Waals surface area (Å²) in [6.07, 6.45) is 10.1. The van der Waals surface area contributed by atoms with Gasteiger partial charge in [-0.3, -0.25) is 40.5 Å². The van der Waals surface area contributed by atoms with E-state index in [1.807, 2.05) is 0 Å². The highest BCUT2D eigenvalue weighted by Crippen LogP contribution is 2.21. The lowest BCUT2D eigenvalue weighted by Gasteiger charge is -2.09. The Morgan fingerprint density at radius 1 is 0.385 bits per heavy atom. The summed E-state index contributed by atoms with van der Waals surface area (Å²) in [7, 11) is 0. The third-order valence-corrected chi connectivity index (χ3v) is 6.76. The maximum absolute atomic E-state index is 13.0. The fourth-order valence-corrected chi connectivity index (χ4v) is 4.12. The zero-order chi connectivity index (χ0) is 37.6. The molecule has 16 heteroatoms. The molecule has 0 aliphatic carbocycles. The third-order valence-electron chi connectivity index (χ3n) is 6.76. The topological polar surface area (TPSA) is 225 Å². The number of esters is 2. The van der Waals surface area contributed by atoms with Gasteiger partial charge in [0.05, 0.1) is 19.7 Å². The molecule has 0 saturated carbocycles. The Labute approximate surface area is 293 Å². The lowest BCUT2D eigenvalue weighted by molar-refractivity contribution is -0.385. The number of carbonyl (C=O) groups is 2. The number of nitro groups is 4. The van der Waals surface area contributed by atoms with E-state index in [4.69, 9.17) is 9.47 Å². The highest BCUT2D eigenvalue weighted by Gasteiger charge is 2.14. The smallest absolute Gasteiger partial charge is 0.336 e. The quantitative estimate of drug-likeness (QED) is 0.0306. The Hall–Kier alpha value is -7.88. The molecule has 0 radical (unpaired) electrons. The number of benzene rings is 4. The van der Waals surface area contributed by atoms with E-state index in [-0.39, 0.29) is 34.3 Å². The molecule has 4 rings (SSSR count). The summed E-state index contributed by atoms with van der Waals surface area (Å²) in [6, 6.07) is 21.3. The Balaban J connectivity index is 1.73. The van der Waals surface area contributed by atoms with Gasteiger partial charge >= 0.3 is 11.9 Å². The minimum Gasteiger partial charge on any atom is -0.419 e. The van der Waals surface area contributed by atoms with Gasteiger partial charge in [-0.05, 0) is 95.1 Å². The molecule has 0 saturated heterocycles. The van der Waals surface area contributed by atoms with Gasteiger partial charge in [0, 0.05) is 60.7 Å². The lowest BCUT2D eigenvalue weighted by atomic mass is 10.1. The average Bonchev–Trinajstić information content (AvgIpc) is 3.14. The van der Waals surface area contributed by atoms with Crippen molar-refractivity contribution in [1.29, 1.82) is 0 Å². The van der Waals surface area contributed by atoms with Crippen LogP contribution in [0, 0.1) is 40.5 Å². The molecule has 4 aromatic rings. The summed E-state index contributed by atoms with van der Waals surface area (Å²) >= 11 is 0. The second kappa shape index (κ2) is 17.5. The molecule has 0 bridgehead atoms. The van der Waals surface area contributed by atoms with Crippen molar-refractivity contribution in [3.8, 4) is 0 Å². The number of ether oxygens (including phenoxy) is 2. The van der Waals surface area contributed by atoms with Crippen LogP contribution < -0.4 is 0 Å². The predicted molar refractivity (Wildman–Crippen MR) is 188 cm³/mol. The van der Waals surface area contributed by atoms with Crippen LogP contribution in [0.1, 0.15) is 22.3 Å². The lowest BCUT2D eigenvalue weighted by Crippen LogP contribution is -2.07. The first-order valence-corrected chi connectivity index (χ1v) is 14.8. The van der Waals surface area contributed by atoms with Crippen molar-refractivity contribution in [3.05, 3.63) is 196 Å². The summed E-state index contributed by atoms with van der Waals surface area (Å²) in [4.78, 5) is 67.9. The number of non-ortho nitro benzene ring substituents is 4. The van der Waals surface area contributed by atoms with Crippen molar-refractivity contribution in [1.82, 2.24) is 0 Å². The van der Waals surface area contributed by atoms with E-state index in [0.29, 0.717) is 22.3 Å². The number of nitrogens with zero attached hydrogens (tertiary/aromatic N) is 4. The summed E-state index contributed by atoms with van der Waals surface area (Å²) in [5.41, 5.74) is 1.07. The molecule has 16 nitrogen and oxygen atoms in total. The van der Waals surface area contributed by atoms with Gasteiger partial charge in [0.25, 0.3) is 22.7 Å². The first-order valence-electron chi connectivity index (χ1n) is 14.8. The monoisotopic (exact) mass is 704 g/mol. The molecule has 0 amide bonds. The van der Waals surface area contributed by atoms with E-state index in [2.05, 4.69) is 0 Å². The van der Waals surface area contributed by atoms with E-state index in [0.717, 1.165) is 12.2 Å². The largest absolute Gasteiger partial charge is 0.419 e. The van der Waals surface area contributed by atoms with Crippen molar-refractivity contribution in [3.63, 3.8) is 0 Å². The Bertz CT molecular complexity index is 2000. The standard InChI is InChI=1S/C36H24N4O12/c41-35(23-11-27-5-17-31(18-6-27)39(47)48)51-33(21-9-25-1-13-29(14-2-25)37(43)44)34(22-10-26-3-15-30(16-4-26)38(45)46)52-36(42)24-12-28-7-19-32(20-8-28)40(49)50/h1-24H. The predicted octanol–water partition coefficient (Wildman–Crippen LogP) is 7.77. The third kappa shape index (κ3) is 11.1.